The second-order valence-corrected chi connectivity index (χ2v) is 2.86. The highest BCUT2D eigenvalue weighted by molar-refractivity contribution is 7.80. The number of carbonyl (C=O) groups is 1. The van der Waals surface area contributed by atoms with Crippen molar-refractivity contribution in [3.8, 4) is 0 Å². The molecule has 4 heteroatoms. The van der Waals surface area contributed by atoms with E-state index in [1.165, 1.54) is 0 Å². The molecule has 1 unspecified atom stereocenters. The van der Waals surface area contributed by atoms with Crippen LogP contribution in [0.3, 0.4) is 0 Å². The Morgan fingerprint density at radius 1 is 1.70 bits per heavy atom. The van der Waals surface area contributed by atoms with Crippen LogP contribution in [-0.2, 0) is 4.79 Å². The minimum Gasteiger partial charge on any atom is -0.354 e. The van der Waals surface area contributed by atoms with Crippen molar-refractivity contribution >= 4 is 23.0 Å². The van der Waals surface area contributed by atoms with E-state index in [1.54, 1.807) is 0 Å². The van der Waals surface area contributed by atoms with Crippen molar-refractivity contribution in [1.82, 2.24) is 5.32 Å². The number of hydrogen-bond acceptors (Lipinski definition) is 3. The number of nitrogens with one attached hydrogen (secondary N) is 1. The Labute approximate surface area is 65.0 Å². The predicted molar refractivity (Wildman–Crippen MR) is 42.8 cm³/mol. The van der Waals surface area contributed by atoms with Crippen LogP contribution in [0.2, 0.25) is 0 Å². The third kappa shape index (κ3) is 1.52. The highest BCUT2D eigenvalue weighted by Crippen LogP contribution is 2.00. The second-order valence-electron chi connectivity index (χ2n) is 2.34. The number of amides is 1. The Morgan fingerprint density at radius 3 is 3.10 bits per heavy atom. The summed E-state index contributed by atoms with van der Waals surface area (Å²) < 4.78 is 0. The summed E-state index contributed by atoms with van der Waals surface area (Å²) in [5.74, 6) is -0.137. The summed E-state index contributed by atoms with van der Waals surface area (Å²) >= 11 is 4.91. The molecule has 1 heterocycles. The molecule has 0 radical (unpaired) electrons. The first-order valence-corrected chi connectivity index (χ1v) is 3.68. The third-order valence-electron chi connectivity index (χ3n) is 1.53. The van der Waals surface area contributed by atoms with Gasteiger partial charge in [0.2, 0.25) is 5.91 Å². The van der Waals surface area contributed by atoms with Crippen LogP contribution in [0.25, 0.3) is 0 Å². The standard InChI is InChI=1S/C6H10N2OS/c7-5-4(10)2-1-3-8-6(5)9/h5H,1-3,7H2,(H,8,9). The zero-order valence-electron chi connectivity index (χ0n) is 5.59. The number of carbonyl (C=O) groups excluding carboxylic acids is 1. The summed E-state index contributed by atoms with van der Waals surface area (Å²) in [5, 5.41) is 2.67. The molecule has 1 amide bonds. The lowest BCUT2D eigenvalue weighted by Crippen LogP contribution is -2.42. The monoisotopic (exact) mass is 158 g/mol. The van der Waals surface area contributed by atoms with Crippen molar-refractivity contribution in [2.45, 2.75) is 18.9 Å². The van der Waals surface area contributed by atoms with E-state index < -0.39 is 6.04 Å². The van der Waals surface area contributed by atoms with Crippen molar-refractivity contribution in [2.75, 3.05) is 6.54 Å². The van der Waals surface area contributed by atoms with Gasteiger partial charge in [-0.3, -0.25) is 4.79 Å². The van der Waals surface area contributed by atoms with Crippen LogP contribution in [-0.4, -0.2) is 23.4 Å². The largest absolute Gasteiger partial charge is 0.354 e. The Kier molecular flexibility index (Phi) is 2.34. The maximum absolute atomic E-state index is 10.9. The van der Waals surface area contributed by atoms with Crippen LogP contribution < -0.4 is 11.1 Å². The molecule has 1 saturated heterocycles. The Morgan fingerprint density at radius 2 is 2.40 bits per heavy atom. The maximum Gasteiger partial charge on any atom is 0.242 e. The van der Waals surface area contributed by atoms with Crippen LogP contribution in [0, 0.1) is 0 Å². The van der Waals surface area contributed by atoms with Gasteiger partial charge in [0.15, 0.2) is 0 Å². The van der Waals surface area contributed by atoms with Gasteiger partial charge in [-0.05, 0) is 12.8 Å². The number of thiocarbonyl (C=S) groups is 1. The normalized spacial score (nSPS) is 27.5. The molecule has 56 valence electrons. The Hall–Kier alpha value is -0.480. The van der Waals surface area contributed by atoms with Crippen LogP contribution in [0.5, 0.6) is 0 Å². The van der Waals surface area contributed by atoms with Crippen LogP contribution in [0.15, 0.2) is 0 Å². The summed E-state index contributed by atoms with van der Waals surface area (Å²) in [4.78, 5) is 11.6. The topological polar surface area (TPSA) is 55.1 Å². The van der Waals surface area contributed by atoms with Crippen molar-refractivity contribution in [3.63, 3.8) is 0 Å². The van der Waals surface area contributed by atoms with Crippen LogP contribution in [0.1, 0.15) is 12.8 Å². The van der Waals surface area contributed by atoms with Gasteiger partial charge >= 0.3 is 0 Å². The summed E-state index contributed by atoms with van der Waals surface area (Å²) in [6, 6.07) is -0.558. The molecule has 0 aromatic carbocycles. The van der Waals surface area contributed by atoms with Gasteiger partial charge in [0.25, 0.3) is 0 Å². The lowest BCUT2D eigenvalue weighted by atomic mass is 10.1. The molecule has 0 aromatic rings. The van der Waals surface area contributed by atoms with E-state index in [0.717, 1.165) is 12.8 Å². The molecule has 3 nitrogen and oxygen atoms in total. The van der Waals surface area contributed by atoms with E-state index >= 15 is 0 Å². The van der Waals surface area contributed by atoms with Gasteiger partial charge in [0.05, 0.1) is 0 Å². The fourth-order valence-corrected chi connectivity index (χ4v) is 1.14. The van der Waals surface area contributed by atoms with Crippen molar-refractivity contribution in [1.29, 1.82) is 0 Å². The molecule has 1 aliphatic rings. The maximum atomic E-state index is 10.9. The van der Waals surface area contributed by atoms with Crippen molar-refractivity contribution < 1.29 is 4.79 Å². The van der Waals surface area contributed by atoms with E-state index in [-0.39, 0.29) is 5.91 Å². The molecule has 0 spiro atoms. The summed E-state index contributed by atoms with van der Waals surface area (Å²) in [6.45, 7) is 0.701. The third-order valence-corrected chi connectivity index (χ3v) is 1.99. The quantitative estimate of drug-likeness (QED) is 0.471. The van der Waals surface area contributed by atoms with Gasteiger partial charge in [-0.2, -0.15) is 0 Å². The Bertz CT molecular complexity index is 151. The first-order chi connectivity index (χ1) is 4.72. The van der Waals surface area contributed by atoms with E-state index in [1.807, 2.05) is 0 Å². The highest BCUT2D eigenvalue weighted by Gasteiger charge is 2.20. The molecule has 1 fully saturated rings. The van der Waals surface area contributed by atoms with E-state index in [0.29, 0.717) is 11.4 Å². The second kappa shape index (κ2) is 3.07. The fourth-order valence-electron chi connectivity index (χ4n) is 0.886. The average molecular weight is 158 g/mol. The SMILES string of the molecule is NC1C(=O)NCCCC1=S. The van der Waals surface area contributed by atoms with Crippen molar-refractivity contribution in [3.05, 3.63) is 0 Å². The van der Waals surface area contributed by atoms with E-state index in [9.17, 15) is 4.79 Å². The molecule has 3 N–H and O–H groups in total. The lowest BCUT2D eigenvalue weighted by Gasteiger charge is -2.05. The van der Waals surface area contributed by atoms with Crippen LogP contribution in [0.4, 0.5) is 0 Å². The fraction of sp³-hybridized carbons (Fsp3) is 0.667. The Balaban J connectivity index is 2.64. The minimum atomic E-state index is -0.558. The highest BCUT2D eigenvalue weighted by atomic mass is 32.1. The summed E-state index contributed by atoms with van der Waals surface area (Å²) in [7, 11) is 0. The minimum absolute atomic E-state index is 0.137. The van der Waals surface area contributed by atoms with Gasteiger partial charge in [-0.25, -0.2) is 0 Å². The molecule has 0 saturated carbocycles. The molecule has 0 bridgehead atoms. The number of hydrogen-bond donors (Lipinski definition) is 2. The molecule has 1 atom stereocenters. The smallest absolute Gasteiger partial charge is 0.242 e. The lowest BCUT2D eigenvalue weighted by molar-refractivity contribution is -0.120. The zero-order valence-corrected chi connectivity index (χ0v) is 6.41. The van der Waals surface area contributed by atoms with E-state index in [4.69, 9.17) is 18.0 Å². The van der Waals surface area contributed by atoms with Gasteiger partial charge < -0.3 is 11.1 Å². The molecule has 1 rings (SSSR count). The van der Waals surface area contributed by atoms with Gasteiger partial charge in [0.1, 0.15) is 6.04 Å². The molecule has 0 aromatic heterocycles. The predicted octanol–water partition coefficient (Wildman–Crippen LogP) is -0.406. The number of nitrogens with two attached hydrogens (primary N) is 1. The molecule has 0 aliphatic carbocycles. The first-order valence-electron chi connectivity index (χ1n) is 3.28. The van der Waals surface area contributed by atoms with E-state index in [2.05, 4.69) is 5.32 Å². The van der Waals surface area contributed by atoms with Gasteiger partial charge in [-0.1, -0.05) is 12.2 Å². The molecular formula is C6H10N2OS. The van der Waals surface area contributed by atoms with Crippen LogP contribution >= 0.6 is 12.2 Å². The zero-order chi connectivity index (χ0) is 7.56. The van der Waals surface area contributed by atoms with Gasteiger partial charge in [0, 0.05) is 11.4 Å². The molecule has 1 aliphatic heterocycles. The molecule has 10 heavy (non-hydrogen) atoms. The number of rotatable bonds is 0. The van der Waals surface area contributed by atoms with Gasteiger partial charge in [-0.15, -0.1) is 0 Å². The summed E-state index contributed by atoms with van der Waals surface area (Å²) in [5.41, 5.74) is 5.47. The molecular weight excluding hydrogens is 148 g/mol. The summed E-state index contributed by atoms with van der Waals surface area (Å²) in [6.07, 6.45) is 1.70. The van der Waals surface area contributed by atoms with Crippen molar-refractivity contribution in [2.24, 2.45) is 5.73 Å². The first kappa shape index (κ1) is 7.63. The average Bonchev–Trinajstić information content (AvgIpc) is 2.04.